The molecule has 0 radical (unpaired) electrons. The minimum atomic E-state index is -0.621. The quantitative estimate of drug-likeness (QED) is 0.580. The molecule has 1 unspecified atom stereocenters. The van der Waals surface area contributed by atoms with Crippen molar-refractivity contribution in [2.24, 2.45) is 0 Å². The smallest absolute Gasteiger partial charge is 0.251 e. The third-order valence-corrected chi connectivity index (χ3v) is 5.47. The number of benzene rings is 2. The Labute approximate surface area is 172 Å². The highest BCUT2D eigenvalue weighted by molar-refractivity contribution is 7.98. The molecule has 0 fully saturated rings. The summed E-state index contributed by atoms with van der Waals surface area (Å²) >= 11 is 3.00. The van der Waals surface area contributed by atoms with Crippen LogP contribution in [-0.4, -0.2) is 34.8 Å². The highest BCUT2D eigenvalue weighted by Crippen LogP contribution is 2.24. The monoisotopic (exact) mass is 411 g/mol. The Balaban J connectivity index is 1.68. The molecule has 1 atom stereocenters. The lowest BCUT2D eigenvalue weighted by Gasteiger charge is -2.17. The third kappa shape index (κ3) is 5.43. The number of hydrogen-bond donors (Lipinski definition) is 2. The number of aromatic nitrogens is 1. The van der Waals surface area contributed by atoms with Crippen LogP contribution in [-0.2, 0) is 4.79 Å². The Morgan fingerprint density at radius 2 is 1.75 bits per heavy atom. The van der Waals surface area contributed by atoms with Gasteiger partial charge in [-0.05, 0) is 30.6 Å². The van der Waals surface area contributed by atoms with E-state index in [0.29, 0.717) is 17.1 Å². The van der Waals surface area contributed by atoms with Crippen LogP contribution < -0.4 is 10.6 Å². The molecule has 2 amide bonds. The molecule has 144 valence electrons. The lowest BCUT2D eigenvalue weighted by Crippen LogP contribution is -2.44. The molecule has 0 saturated heterocycles. The number of nitrogens with one attached hydrogen (secondary N) is 2. The first kappa shape index (κ1) is 20.1. The van der Waals surface area contributed by atoms with Gasteiger partial charge in [-0.2, -0.15) is 11.8 Å². The molecule has 0 saturated carbocycles. The number of amides is 2. The number of carbonyl (C=O) groups excluding carboxylic acids is 2. The van der Waals surface area contributed by atoms with Crippen LogP contribution in [0.5, 0.6) is 0 Å². The summed E-state index contributed by atoms with van der Waals surface area (Å²) in [4.78, 5) is 29.7. The van der Waals surface area contributed by atoms with E-state index in [1.165, 1.54) is 11.3 Å². The Kier molecular flexibility index (Phi) is 7.22. The van der Waals surface area contributed by atoms with E-state index in [2.05, 4.69) is 15.6 Å². The largest absolute Gasteiger partial charge is 0.340 e. The fraction of sp³-hybridized carbons (Fsp3) is 0.190. The van der Waals surface area contributed by atoms with Crippen molar-refractivity contribution in [1.29, 1.82) is 0 Å². The molecule has 7 heteroatoms. The summed E-state index contributed by atoms with van der Waals surface area (Å²) in [6.07, 6.45) is 2.52. The van der Waals surface area contributed by atoms with E-state index in [1.807, 2.05) is 48.0 Å². The van der Waals surface area contributed by atoms with Gasteiger partial charge in [0.15, 0.2) is 5.13 Å². The third-order valence-electron chi connectivity index (χ3n) is 4.07. The van der Waals surface area contributed by atoms with Gasteiger partial charge in [-0.3, -0.25) is 9.59 Å². The normalized spacial score (nSPS) is 11.6. The van der Waals surface area contributed by atoms with E-state index in [4.69, 9.17) is 0 Å². The van der Waals surface area contributed by atoms with Crippen molar-refractivity contribution in [2.75, 3.05) is 17.3 Å². The molecule has 0 aliphatic heterocycles. The molecule has 0 spiro atoms. The fourth-order valence-electron chi connectivity index (χ4n) is 2.60. The van der Waals surface area contributed by atoms with Gasteiger partial charge in [0.25, 0.3) is 5.91 Å². The van der Waals surface area contributed by atoms with Gasteiger partial charge in [0.05, 0.1) is 5.69 Å². The lowest BCUT2D eigenvalue weighted by atomic mass is 10.1. The standard InChI is InChI=1S/C21H21N3O2S2/c1-27-13-12-17(22-19(25)16-10-6-3-7-11-16)20(26)24-21-23-18(14-28-21)15-8-4-2-5-9-15/h2-11,14,17H,12-13H2,1H3,(H,22,25)(H,23,24,26). The molecule has 2 N–H and O–H groups in total. The van der Waals surface area contributed by atoms with Gasteiger partial charge in [-0.1, -0.05) is 48.5 Å². The maximum Gasteiger partial charge on any atom is 0.251 e. The van der Waals surface area contributed by atoms with Gasteiger partial charge < -0.3 is 10.6 Å². The van der Waals surface area contributed by atoms with E-state index in [-0.39, 0.29) is 11.8 Å². The number of thiazole rings is 1. The first-order valence-electron chi connectivity index (χ1n) is 8.84. The van der Waals surface area contributed by atoms with Gasteiger partial charge in [0.1, 0.15) is 6.04 Å². The molecule has 3 aromatic rings. The van der Waals surface area contributed by atoms with Crippen LogP contribution in [0.15, 0.2) is 66.0 Å². The lowest BCUT2D eigenvalue weighted by molar-refractivity contribution is -0.118. The second-order valence-electron chi connectivity index (χ2n) is 6.07. The second-order valence-corrected chi connectivity index (χ2v) is 7.91. The molecular weight excluding hydrogens is 390 g/mol. The van der Waals surface area contributed by atoms with Gasteiger partial charge in [-0.25, -0.2) is 4.98 Å². The molecule has 5 nitrogen and oxygen atoms in total. The first-order chi connectivity index (χ1) is 13.7. The zero-order valence-electron chi connectivity index (χ0n) is 15.4. The summed E-state index contributed by atoms with van der Waals surface area (Å²) < 4.78 is 0. The molecule has 1 heterocycles. The summed E-state index contributed by atoms with van der Waals surface area (Å²) in [5, 5.41) is 8.11. The molecule has 3 rings (SSSR count). The zero-order chi connectivity index (χ0) is 19.8. The molecule has 1 aromatic heterocycles. The molecule has 0 bridgehead atoms. The Bertz CT molecular complexity index is 914. The number of nitrogens with zero attached hydrogens (tertiary/aromatic N) is 1. The molecule has 28 heavy (non-hydrogen) atoms. The van der Waals surface area contributed by atoms with Crippen molar-refractivity contribution in [1.82, 2.24) is 10.3 Å². The van der Waals surface area contributed by atoms with E-state index < -0.39 is 6.04 Å². The van der Waals surface area contributed by atoms with Crippen LogP contribution in [0.25, 0.3) is 11.3 Å². The number of anilines is 1. The zero-order valence-corrected chi connectivity index (χ0v) is 17.1. The van der Waals surface area contributed by atoms with Crippen molar-refractivity contribution in [3.8, 4) is 11.3 Å². The Hall–Kier alpha value is -2.64. The van der Waals surface area contributed by atoms with Gasteiger partial charge in [0, 0.05) is 16.5 Å². The molecule has 0 aliphatic carbocycles. The van der Waals surface area contributed by atoms with Crippen LogP contribution >= 0.6 is 23.1 Å². The van der Waals surface area contributed by atoms with Crippen LogP contribution in [0, 0.1) is 0 Å². The average Bonchev–Trinajstić information content (AvgIpc) is 3.20. The molecular formula is C21H21N3O2S2. The number of thioether (sulfide) groups is 1. The van der Waals surface area contributed by atoms with Crippen molar-refractivity contribution in [3.05, 3.63) is 71.6 Å². The Morgan fingerprint density at radius 3 is 2.43 bits per heavy atom. The van der Waals surface area contributed by atoms with Gasteiger partial charge in [0.2, 0.25) is 5.91 Å². The first-order valence-corrected chi connectivity index (χ1v) is 11.1. The maximum absolute atomic E-state index is 12.8. The van der Waals surface area contributed by atoms with Crippen molar-refractivity contribution >= 4 is 40.0 Å². The topological polar surface area (TPSA) is 71.1 Å². The summed E-state index contributed by atoms with van der Waals surface area (Å²) in [6.45, 7) is 0. The minimum Gasteiger partial charge on any atom is -0.340 e. The molecule has 0 aliphatic rings. The molecule has 2 aromatic carbocycles. The summed E-state index contributed by atoms with van der Waals surface area (Å²) in [5.74, 6) is 0.249. The van der Waals surface area contributed by atoms with Crippen LogP contribution in [0.3, 0.4) is 0 Å². The van der Waals surface area contributed by atoms with Crippen molar-refractivity contribution in [3.63, 3.8) is 0 Å². The predicted molar refractivity (Wildman–Crippen MR) is 117 cm³/mol. The van der Waals surface area contributed by atoms with Crippen LogP contribution in [0.1, 0.15) is 16.8 Å². The van der Waals surface area contributed by atoms with Crippen molar-refractivity contribution in [2.45, 2.75) is 12.5 Å². The average molecular weight is 412 g/mol. The summed E-state index contributed by atoms with van der Waals surface area (Å²) in [6, 6.07) is 18.1. The Morgan fingerprint density at radius 1 is 1.07 bits per heavy atom. The fourth-order valence-corrected chi connectivity index (χ4v) is 3.79. The van der Waals surface area contributed by atoms with Crippen molar-refractivity contribution < 1.29 is 9.59 Å². The minimum absolute atomic E-state index is 0.257. The number of rotatable bonds is 8. The number of hydrogen-bond acceptors (Lipinski definition) is 5. The van der Waals surface area contributed by atoms with E-state index in [1.54, 1.807) is 36.0 Å². The van der Waals surface area contributed by atoms with Gasteiger partial charge >= 0.3 is 0 Å². The SMILES string of the molecule is CSCCC(NC(=O)c1ccccc1)C(=O)Nc1nc(-c2ccccc2)cs1. The highest BCUT2D eigenvalue weighted by atomic mass is 32.2. The van der Waals surface area contributed by atoms with E-state index in [9.17, 15) is 9.59 Å². The summed E-state index contributed by atoms with van der Waals surface area (Å²) in [5.41, 5.74) is 2.34. The van der Waals surface area contributed by atoms with Crippen LogP contribution in [0.4, 0.5) is 5.13 Å². The highest BCUT2D eigenvalue weighted by Gasteiger charge is 2.22. The number of carbonyl (C=O) groups is 2. The predicted octanol–water partition coefficient (Wildman–Crippen LogP) is 4.30. The van der Waals surface area contributed by atoms with E-state index in [0.717, 1.165) is 17.0 Å². The second kappa shape index (κ2) is 10.1. The summed E-state index contributed by atoms with van der Waals surface area (Å²) in [7, 11) is 0. The van der Waals surface area contributed by atoms with Gasteiger partial charge in [-0.15, -0.1) is 11.3 Å². The van der Waals surface area contributed by atoms with Crippen LogP contribution in [0.2, 0.25) is 0 Å². The maximum atomic E-state index is 12.8. The van der Waals surface area contributed by atoms with E-state index >= 15 is 0 Å².